The summed E-state index contributed by atoms with van der Waals surface area (Å²) in [5, 5.41) is 9.75. The van der Waals surface area contributed by atoms with Crippen molar-refractivity contribution in [1.29, 1.82) is 0 Å². The van der Waals surface area contributed by atoms with Gasteiger partial charge in [0.15, 0.2) is 0 Å². The van der Waals surface area contributed by atoms with Gasteiger partial charge in [-0.15, -0.1) is 6.58 Å². The van der Waals surface area contributed by atoms with E-state index >= 15 is 0 Å². The van der Waals surface area contributed by atoms with Crippen molar-refractivity contribution < 1.29 is 5.11 Å². The fourth-order valence-corrected chi connectivity index (χ4v) is 3.41. The first kappa shape index (κ1) is 16.1. The summed E-state index contributed by atoms with van der Waals surface area (Å²) in [7, 11) is 0. The lowest BCUT2D eigenvalue weighted by Crippen LogP contribution is -2.47. The number of hydrogen-bond acceptors (Lipinski definition) is 2. The summed E-state index contributed by atoms with van der Waals surface area (Å²) in [6.07, 6.45) is 3.50. The van der Waals surface area contributed by atoms with Gasteiger partial charge in [0, 0.05) is 6.54 Å². The maximum absolute atomic E-state index is 9.75. The SMILES string of the molecule is C=C(C)CCCN1CC[C@](C)(c2cccc(O)c2)[C@@H](C)C1. The van der Waals surface area contributed by atoms with Crippen molar-refractivity contribution in [3.63, 3.8) is 0 Å². The fraction of sp³-hybridized carbons (Fsp3) is 0.579. The van der Waals surface area contributed by atoms with Crippen LogP contribution in [0.5, 0.6) is 5.75 Å². The average Bonchev–Trinajstić information content (AvgIpc) is 2.42. The largest absolute Gasteiger partial charge is 0.508 e. The van der Waals surface area contributed by atoms with Crippen LogP contribution in [0.1, 0.15) is 45.6 Å². The third-order valence-corrected chi connectivity index (χ3v) is 5.15. The highest BCUT2D eigenvalue weighted by Gasteiger charge is 2.37. The van der Waals surface area contributed by atoms with Gasteiger partial charge in [-0.1, -0.05) is 31.6 Å². The number of hydrogen-bond donors (Lipinski definition) is 1. The van der Waals surface area contributed by atoms with Crippen LogP contribution >= 0.6 is 0 Å². The lowest BCUT2D eigenvalue weighted by Gasteiger charge is -2.45. The Balaban J connectivity index is 1.98. The van der Waals surface area contributed by atoms with Crippen molar-refractivity contribution in [3.8, 4) is 5.75 Å². The second-order valence-electron chi connectivity index (χ2n) is 6.98. The molecule has 1 aromatic carbocycles. The van der Waals surface area contributed by atoms with E-state index in [-0.39, 0.29) is 5.41 Å². The molecule has 116 valence electrons. The molecule has 21 heavy (non-hydrogen) atoms. The zero-order chi connectivity index (χ0) is 15.5. The number of likely N-dealkylation sites (tertiary alicyclic amines) is 1. The first-order valence-electron chi connectivity index (χ1n) is 8.08. The molecular formula is C19H29NO. The van der Waals surface area contributed by atoms with Gasteiger partial charge in [0.05, 0.1) is 0 Å². The Hall–Kier alpha value is -1.28. The van der Waals surface area contributed by atoms with Gasteiger partial charge in [0.2, 0.25) is 0 Å². The Bertz CT molecular complexity index is 496. The summed E-state index contributed by atoms with van der Waals surface area (Å²) in [6, 6.07) is 7.81. The number of benzene rings is 1. The molecule has 0 radical (unpaired) electrons. The molecule has 2 nitrogen and oxygen atoms in total. The topological polar surface area (TPSA) is 23.5 Å². The lowest BCUT2D eigenvalue weighted by molar-refractivity contribution is 0.110. The first-order chi connectivity index (χ1) is 9.91. The van der Waals surface area contributed by atoms with E-state index < -0.39 is 0 Å². The molecule has 1 heterocycles. The molecule has 1 aromatic rings. The minimum atomic E-state index is 0.170. The lowest BCUT2D eigenvalue weighted by atomic mass is 9.68. The quantitative estimate of drug-likeness (QED) is 0.814. The molecular weight excluding hydrogens is 258 g/mol. The Labute approximate surface area is 129 Å². The molecule has 0 unspecified atom stereocenters. The highest BCUT2D eigenvalue weighted by atomic mass is 16.3. The summed E-state index contributed by atoms with van der Waals surface area (Å²) >= 11 is 0. The predicted molar refractivity (Wildman–Crippen MR) is 89.7 cm³/mol. The molecule has 1 N–H and O–H groups in total. The molecule has 0 bridgehead atoms. The molecule has 1 fully saturated rings. The van der Waals surface area contributed by atoms with Gasteiger partial charge in [-0.2, -0.15) is 0 Å². The van der Waals surface area contributed by atoms with Crippen molar-refractivity contribution >= 4 is 0 Å². The van der Waals surface area contributed by atoms with Crippen LogP contribution in [0, 0.1) is 5.92 Å². The highest BCUT2D eigenvalue weighted by molar-refractivity contribution is 5.33. The van der Waals surface area contributed by atoms with Crippen LogP contribution in [0.25, 0.3) is 0 Å². The average molecular weight is 287 g/mol. The predicted octanol–water partition coefficient (Wildman–Crippen LogP) is 4.35. The zero-order valence-corrected chi connectivity index (χ0v) is 13.7. The molecule has 1 saturated heterocycles. The Morgan fingerprint density at radius 2 is 2.24 bits per heavy atom. The van der Waals surface area contributed by atoms with Gasteiger partial charge in [-0.25, -0.2) is 0 Å². The Morgan fingerprint density at radius 3 is 2.86 bits per heavy atom. The first-order valence-corrected chi connectivity index (χ1v) is 8.08. The van der Waals surface area contributed by atoms with E-state index in [4.69, 9.17) is 0 Å². The van der Waals surface area contributed by atoms with Gasteiger partial charge < -0.3 is 10.0 Å². The smallest absolute Gasteiger partial charge is 0.115 e. The van der Waals surface area contributed by atoms with Crippen LogP contribution in [-0.4, -0.2) is 29.6 Å². The van der Waals surface area contributed by atoms with E-state index in [2.05, 4.69) is 38.3 Å². The maximum Gasteiger partial charge on any atom is 0.115 e. The van der Waals surface area contributed by atoms with Gasteiger partial charge in [-0.05, 0) is 68.3 Å². The monoisotopic (exact) mass is 287 g/mol. The van der Waals surface area contributed by atoms with Gasteiger partial charge in [0.25, 0.3) is 0 Å². The summed E-state index contributed by atoms with van der Waals surface area (Å²) in [5.74, 6) is 0.975. The van der Waals surface area contributed by atoms with Gasteiger partial charge in [-0.3, -0.25) is 0 Å². The molecule has 1 aliphatic rings. The van der Waals surface area contributed by atoms with E-state index in [9.17, 15) is 5.11 Å². The molecule has 2 rings (SSSR count). The second-order valence-corrected chi connectivity index (χ2v) is 6.98. The summed E-state index contributed by atoms with van der Waals surface area (Å²) in [5.41, 5.74) is 2.73. The van der Waals surface area contributed by atoms with E-state index in [0.29, 0.717) is 11.7 Å². The highest BCUT2D eigenvalue weighted by Crippen LogP contribution is 2.40. The molecule has 0 aliphatic carbocycles. The van der Waals surface area contributed by atoms with Crippen LogP contribution in [0.15, 0.2) is 36.4 Å². The Kier molecular flexibility index (Phi) is 5.10. The fourth-order valence-electron chi connectivity index (χ4n) is 3.41. The third kappa shape index (κ3) is 3.88. The van der Waals surface area contributed by atoms with Crippen molar-refractivity contribution in [2.24, 2.45) is 5.92 Å². The van der Waals surface area contributed by atoms with Crippen molar-refractivity contribution in [1.82, 2.24) is 4.90 Å². The number of phenolic OH excluding ortho intramolecular Hbond substituents is 1. The van der Waals surface area contributed by atoms with E-state index in [1.54, 1.807) is 6.07 Å². The number of phenols is 1. The summed E-state index contributed by atoms with van der Waals surface area (Å²) in [6.45, 7) is 14.2. The number of piperidine rings is 1. The zero-order valence-electron chi connectivity index (χ0n) is 13.7. The molecule has 0 aromatic heterocycles. The van der Waals surface area contributed by atoms with Crippen LogP contribution < -0.4 is 0 Å². The van der Waals surface area contributed by atoms with Crippen molar-refractivity contribution in [2.75, 3.05) is 19.6 Å². The molecule has 2 atom stereocenters. The van der Waals surface area contributed by atoms with Crippen LogP contribution in [0.3, 0.4) is 0 Å². The van der Waals surface area contributed by atoms with Gasteiger partial charge >= 0.3 is 0 Å². The minimum Gasteiger partial charge on any atom is -0.508 e. The third-order valence-electron chi connectivity index (χ3n) is 5.15. The Morgan fingerprint density at radius 1 is 1.48 bits per heavy atom. The standard InChI is InChI=1S/C19H29NO/c1-15(2)7-6-11-20-12-10-19(4,16(3)14-20)17-8-5-9-18(21)13-17/h5,8-9,13,16,21H,1,6-7,10-12,14H2,2-4H3/t16-,19-/m0/s1. The van der Waals surface area contributed by atoms with Crippen LogP contribution in [-0.2, 0) is 5.41 Å². The number of nitrogens with zero attached hydrogens (tertiary/aromatic N) is 1. The molecule has 1 aliphatic heterocycles. The van der Waals surface area contributed by atoms with Crippen molar-refractivity contribution in [3.05, 3.63) is 42.0 Å². The minimum absolute atomic E-state index is 0.170. The molecule has 0 spiro atoms. The molecule has 2 heteroatoms. The molecule has 0 saturated carbocycles. The van der Waals surface area contributed by atoms with Crippen molar-refractivity contribution in [2.45, 2.75) is 45.4 Å². The number of aromatic hydroxyl groups is 1. The van der Waals surface area contributed by atoms with Crippen LogP contribution in [0.4, 0.5) is 0 Å². The normalized spacial score (nSPS) is 26.7. The number of allylic oxidation sites excluding steroid dienone is 1. The maximum atomic E-state index is 9.75. The van der Waals surface area contributed by atoms with E-state index in [1.165, 1.54) is 24.1 Å². The van der Waals surface area contributed by atoms with Crippen LogP contribution in [0.2, 0.25) is 0 Å². The second kappa shape index (κ2) is 6.65. The molecule has 0 amide bonds. The summed E-state index contributed by atoms with van der Waals surface area (Å²) < 4.78 is 0. The van der Waals surface area contributed by atoms with E-state index in [1.807, 2.05) is 12.1 Å². The summed E-state index contributed by atoms with van der Waals surface area (Å²) in [4.78, 5) is 2.58. The van der Waals surface area contributed by atoms with Gasteiger partial charge in [0.1, 0.15) is 5.75 Å². The number of rotatable bonds is 5. The van der Waals surface area contributed by atoms with E-state index in [0.717, 1.165) is 25.9 Å².